The summed E-state index contributed by atoms with van der Waals surface area (Å²) in [5, 5.41) is 0. The maximum atomic E-state index is 11.3. The molecular weight excluding hydrogens is 196 g/mol. The van der Waals surface area contributed by atoms with Crippen molar-refractivity contribution in [1.29, 1.82) is 0 Å². The van der Waals surface area contributed by atoms with Gasteiger partial charge in [-0.3, -0.25) is 4.79 Å². The van der Waals surface area contributed by atoms with E-state index in [4.69, 9.17) is 0 Å². The van der Waals surface area contributed by atoms with Crippen LogP contribution in [0, 0.1) is 0 Å². The third-order valence-corrected chi connectivity index (χ3v) is 6.51. The standard InChI is InChI=1S/C7H12OS3/c1-5-6(8)7(9-2,10-3)11-4/h5H,1H2,2-4H3. The second kappa shape index (κ2) is 5.17. The van der Waals surface area contributed by atoms with Crippen LogP contribution in [0.2, 0.25) is 0 Å². The highest BCUT2D eigenvalue weighted by atomic mass is 32.3. The van der Waals surface area contributed by atoms with Crippen LogP contribution in [0.5, 0.6) is 0 Å². The minimum atomic E-state index is -0.373. The van der Waals surface area contributed by atoms with E-state index in [-0.39, 0.29) is 9.19 Å². The van der Waals surface area contributed by atoms with Crippen LogP contribution in [0.3, 0.4) is 0 Å². The number of hydrogen-bond acceptors (Lipinski definition) is 4. The highest BCUT2D eigenvalue weighted by Gasteiger charge is 2.33. The fourth-order valence-electron chi connectivity index (χ4n) is 0.677. The van der Waals surface area contributed by atoms with E-state index in [2.05, 4.69) is 6.58 Å². The molecule has 64 valence electrons. The van der Waals surface area contributed by atoms with Crippen molar-refractivity contribution in [2.24, 2.45) is 0 Å². The molecule has 0 heterocycles. The lowest BCUT2D eigenvalue weighted by Gasteiger charge is -2.24. The number of rotatable bonds is 5. The molecule has 0 aromatic heterocycles. The molecule has 0 atom stereocenters. The molecular formula is C7H12OS3. The third kappa shape index (κ3) is 2.46. The van der Waals surface area contributed by atoms with Crippen LogP contribution in [-0.2, 0) is 4.79 Å². The Bertz CT molecular complexity index is 144. The lowest BCUT2D eigenvalue weighted by Crippen LogP contribution is -2.24. The Morgan fingerprint density at radius 2 is 1.64 bits per heavy atom. The van der Waals surface area contributed by atoms with Gasteiger partial charge in [-0.2, -0.15) is 0 Å². The summed E-state index contributed by atoms with van der Waals surface area (Å²) in [6.45, 7) is 3.48. The van der Waals surface area contributed by atoms with E-state index >= 15 is 0 Å². The molecule has 0 aliphatic carbocycles. The molecule has 0 rings (SSSR count). The van der Waals surface area contributed by atoms with Crippen LogP contribution in [0.1, 0.15) is 0 Å². The van der Waals surface area contributed by atoms with Gasteiger partial charge >= 0.3 is 0 Å². The minimum Gasteiger partial charge on any atom is -0.291 e. The molecule has 1 nitrogen and oxygen atoms in total. The summed E-state index contributed by atoms with van der Waals surface area (Å²) in [6, 6.07) is 0. The number of allylic oxidation sites excluding steroid dienone is 1. The van der Waals surface area contributed by atoms with Crippen molar-refractivity contribution in [3.05, 3.63) is 12.7 Å². The van der Waals surface area contributed by atoms with Crippen molar-refractivity contribution in [3.63, 3.8) is 0 Å². The van der Waals surface area contributed by atoms with Crippen molar-refractivity contribution < 1.29 is 4.79 Å². The average molecular weight is 208 g/mol. The molecule has 0 aliphatic heterocycles. The molecule has 11 heavy (non-hydrogen) atoms. The summed E-state index contributed by atoms with van der Waals surface area (Å²) in [5.74, 6) is 0.0880. The van der Waals surface area contributed by atoms with Gasteiger partial charge in [0.2, 0.25) is 0 Å². The zero-order valence-corrected chi connectivity index (χ0v) is 9.37. The Morgan fingerprint density at radius 3 is 1.73 bits per heavy atom. The monoisotopic (exact) mass is 208 g/mol. The van der Waals surface area contributed by atoms with E-state index < -0.39 is 0 Å². The molecule has 0 N–H and O–H groups in total. The van der Waals surface area contributed by atoms with Crippen molar-refractivity contribution >= 4 is 41.1 Å². The topological polar surface area (TPSA) is 17.1 Å². The van der Waals surface area contributed by atoms with Crippen LogP contribution < -0.4 is 0 Å². The fraction of sp³-hybridized carbons (Fsp3) is 0.571. The summed E-state index contributed by atoms with van der Waals surface area (Å²) >= 11 is 4.67. The maximum Gasteiger partial charge on any atom is 0.191 e. The SMILES string of the molecule is C=CC(=O)C(SC)(SC)SC. The van der Waals surface area contributed by atoms with Gasteiger partial charge in [-0.25, -0.2) is 0 Å². The predicted molar refractivity (Wildman–Crippen MR) is 58.5 cm³/mol. The summed E-state index contributed by atoms with van der Waals surface area (Å²) in [4.78, 5) is 11.3. The number of ketones is 1. The molecule has 0 aromatic rings. The highest BCUT2D eigenvalue weighted by Crippen LogP contribution is 2.43. The molecule has 0 fully saturated rings. The summed E-state index contributed by atoms with van der Waals surface area (Å²) in [5.41, 5.74) is 0. The second-order valence-corrected chi connectivity index (χ2v) is 5.57. The molecule has 0 amide bonds. The summed E-state index contributed by atoms with van der Waals surface area (Å²) < 4.78 is -0.373. The Labute approximate surface area is 80.8 Å². The van der Waals surface area contributed by atoms with Crippen molar-refractivity contribution in [2.45, 2.75) is 3.41 Å². The van der Waals surface area contributed by atoms with Gasteiger partial charge in [0.15, 0.2) is 9.19 Å². The molecule has 0 spiro atoms. The van der Waals surface area contributed by atoms with Crippen LogP contribution in [0.4, 0.5) is 0 Å². The Hall–Kier alpha value is 0.460. The van der Waals surface area contributed by atoms with Gasteiger partial charge in [0.25, 0.3) is 0 Å². The van der Waals surface area contributed by atoms with Gasteiger partial charge < -0.3 is 0 Å². The zero-order chi connectivity index (χ0) is 8.91. The second-order valence-electron chi connectivity index (χ2n) is 1.74. The zero-order valence-electron chi connectivity index (χ0n) is 6.92. The quantitative estimate of drug-likeness (QED) is 0.510. The molecule has 0 aliphatic rings. The predicted octanol–water partition coefficient (Wildman–Crippen LogP) is 2.48. The molecule has 4 heteroatoms. The lowest BCUT2D eigenvalue weighted by molar-refractivity contribution is -0.113. The van der Waals surface area contributed by atoms with Crippen LogP contribution >= 0.6 is 35.3 Å². The van der Waals surface area contributed by atoms with Crippen LogP contribution in [-0.4, -0.2) is 28.0 Å². The van der Waals surface area contributed by atoms with Crippen molar-refractivity contribution in [1.82, 2.24) is 0 Å². The maximum absolute atomic E-state index is 11.3. The molecule has 0 radical (unpaired) electrons. The molecule has 0 saturated carbocycles. The van der Waals surface area contributed by atoms with Crippen molar-refractivity contribution in [2.75, 3.05) is 18.8 Å². The highest BCUT2D eigenvalue weighted by molar-refractivity contribution is 8.34. The first kappa shape index (κ1) is 11.5. The Kier molecular flexibility index (Phi) is 5.38. The number of hydrogen-bond donors (Lipinski definition) is 0. The Morgan fingerprint density at radius 1 is 1.27 bits per heavy atom. The Balaban J connectivity index is 4.52. The number of carbonyl (C=O) groups is 1. The normalized spacial score (nSPS) is 11.2. The summed E-state index contributed by atoms with van der Waals surface area (Å²) in [7, 11) is 0. The minimum absolute atomic E-state index is 0.0880. The van der Waals surface area contributed by atoms with Gasteiger partial charge in [0.05, 0.1) is 0 Å². The van der Waals surface area contributed by atoms with Gasteiger partial charge in [-0.05, 0) is 24.8 Å². The van der Waals surface area contributed by atoms with E-state index in [1.54, 1.807) is 35.3 Å². The molecule has 0 aromatic carbocycles. The van der Waals surface area contributed by atoms with E-state index in [0.29, 0.717) is 0 Å². The van der Waals surface area contributed by atoms with E-state index in [1.165, 1.54) is 6.08 Å². The number of carbonyl (C=O) groups excluding carboxylic acids is 1. The third-order valence-electron chi connectivity index (χ3n) is 1.29. The van der Waals surface area contributed by atoms with Gasteiger partial charge in [-0.15, -0.1) is 35.3 Å². The van der Waals surface area contributed by atoms with Crippen LogP contribution in [0.25, 0.3) is 0 Å². The van der Waals surface area contributed by atoms with Gasteiger partial charge in [-0.1, -0.05) is 6.58 Å². The van der Waals surface area contributed by atoms with E-state index in [0.717, 1.165) is 0 Å². The average Bonchev–Trinajstić information content (AvgIpc) is 2.08. The lowest BCUT2D eigenvalue weighted by atomic mass is 10.4. The van der Waals surface area contributed by atoms with Gasteiger partial charge in [0, 0.05) is 0 Å². The number of thioether (sulfide) groups is 3. The van der Waals surface area contributed by atoms with E-state index in [9.17, 15) is 4.79 Å². The molecule has 0 bridgehead atoms. The summed E-state index contributed by atoms with van der Waals surface area (Å²) in [6.07, 6.45) is 7.21. The smallest absolute Gasteiger partial charge is 0.191 e. The van der Waals surface area contributed by atoms with Gasteiger partial charge in [0.1, 0.15) is 0 Å². The van der Waals surface area contributed by atoms with Crippen molar-refractivity contribution in [3.8, 4) is 0 Å². The first-order chi connectivity index (χ1) is 5.16. The fourth-order valence-corrected chi connectivity index (χ4v) is 3.53. The van der Waals surface area contributed by atoms with Crippen LogP contribution in [0.15, 0.2) is 12.7 Å². The first-order valence-corrected chi connectivity index (χ1v) is 6.66. The molecule has 0 saturated heterocycles. The first-order valence-electron chi connectivity index (χ1n) is 2.99. The largest absolute Gasteiger partial charge is 0.291 e. The van der Waals surface area contributed by atoms with E-state index in [1.807, 2.05) is 18.8 Å². The molecule has 0 unspecified atom stereocenters.